The summed E-state index contributed by atoms with van der Waals surface area (Å²) in [6.07, 6.45) is 13.5. The van der Waals surface area contributed by atoms with Crippen molar-refractivity contribution in [3.63, 3.8) is 0 Å². The predicted molar refractivity (Wildman–Crippen MR) is 126 cm³/mol. The lowest BCUT2D eigenvalue weighted by molar-refractivity contribution is -0.00828. The van der Waals surface area contributed by atoms with Crippen molar-refractivity contribution in [1.29, 1.82) is 0 Å². The molecular weight excluding hydrogens is 418 g/mol. The lowest BCUT2D eigenvalue weighted by atomic mass is 9.49. The summed E-state index contributed by atoms with van der Waals surface area (Å²) in [5.74, 6) is 2.59. The summed E-state index contributed by atoms with van der Waals surface area (Å²) in [6.45, 7) is 0. The van der Waals surface area contributed by atoms with Gasteiger partial charge in [0.2, 0.25) is 0 Å². The third-order valence-electron chi connectivity index (χ3n) is 7.82. The molecule has 4 saturated carbocycles. The van der Waals surface area contributed by atoms with E-state index in [-0.39, 0.29) is 11.2 Å². The Morgan fingerprint density at radius 1 is 0.938 bits per heavy atom. The zero-order valence-corrected chi connectivity index (χ0v) is 18.7. The molecule has 0 amide bonds. The standard InChI is InChI=1S/C27H26ClN3O/c28-23-6-1-18(2-7-23)3-10-25(32)22-4-8-24(9-5-22)31-26(17-29-30-31)27-14-19-11-20(15-27)13-21(12-19)16-27/h1-10,17,19-21H,11-16H2/b10-3+. The van der Waals surface area contributed by atoms with Crippen molar-refractivity contribution >= 4 is 23.5 Å². The summed E-state index contributed by atoms with van der Waals surface area (Å²) < 4.78 is 2.02. The zero-order valence-electron chi connectivity index (χ0n) is 18.0. The fourth-order valence-electron chi connectivity index (χ4n) is 6.82. The van der Waals surface area contributed by atoms with Crippen LogP contribution in [0.2, 0.25) is 5.02 Å². The van der Waals surface area contributed by atoms with Crippen LogP contribution in [0.25, 0.3) is 11.8 Å². The van der Waals surface area contributed by atoms with Gasteiger partial charge in [0.25, 0.3) is 0 Å². The normalized spacial score (nSPS) is 28.5. The van der Waals surface area contributed by atoms with Gasteiger partial charge < -0.3 is 0 Å². The second-order valence-corrected chi connectivity index (χ2v) is 10.5. The molecule has 4 fully saturated rings. The predicted octanol–water partition coefficient (Wildman–Crippen LogP) is 6.28. The van der Waals surface area contributed by atoms with Crippen LogP contribution in [0.5, 0.6) is 0 Å². The molecule has 0 saturated heterocycles. The Morgan fingerprint density at radius 2 is 1.56 bits per heavy atom. The number of nitrogens with zero attached hydrogens (tertiary/aromatic N) is 3. The third kappa shape index (κ3) is 3.51. The Bertz CT molecular complexity index is 1140. The summed E-state index contributed by atoms with van der Waals surface area (Å²) in [4.78, 5) is 12.6. The first-order valence-electron chi connectivity index (χ1n) is 11.6. The first kappa shape index (κ1) is 19.9. The Morgan fingerprint density at radius 3 is 2.19 bits per heavy atom. The monoisotopic (exact) mass is 443 g/mol. The van der Waals surface area contributed by atoms with Crippen molar-refractivity contribution < 1.29 is 4.79 Å². The number of hydrogen-bond acceptors (Lipinski definition) is 3. The Hall–Kier alpha value is -2.72. The molecule has 2 aromatic carbocycles. The molecule has 4 aliphatic carbocycles. The van der Waals surface area contributed by atoms with E-state index in [0.717, 1.165) is 29.0 Å². The molecule has 0 unspecified atom stereocenters. The van der Waals surface area contributed by atoms with E-state index in [1.165, 1.54) is 44.2 Å². The number of hydrogen-bond donors (Lipinski definition) is 0. The minimum Gasteiger partial charge on any atom is -0.289 e. The fraction of sp³-hybridized carbons (Fsp3) is 0.370. The molecule has 5 heteroatoms. The fourth-order valence-corrected chi connectivity index (χ4v) is 6.95. The summed E-state index contributed by atoms with van der Waals surface area (Å²) in [6, 6.07) is 15.2. The molecule has 0 atom stereocenters. The number of carbonyl (C=O) groups excluding carboxylic acids is 1. The van der Waals surface area contributed by atoms with Crippen LogP contribution >= 0.6 is 11.6 Å². The van der Waals surface area contributed by atoms with Crippen molar-refractivity contribution in [2.24, 2.45) is 17.8 Å². The van der Waals surface area contributed by atoms with Gasteiger partial charge in [-0.25, -0.2) is 4.68 Å². The van der Waals surface area contributed by atoms with E-state index in [0.29, 0.717) is 10.6 Å². The van der Waals surface area contributed by atoms with Crippen molar-refractivity contribution in [1.82, 2.24) is 15.0 Å². The molecule has 4 nitrogen and oxygen atoms in total. The van der Waals surface area contributed by atoms with E-state index in [9.17, 15) is 4.79 Å². The smallest absolute Gasteiger partial charge is 0.185 e. The Kier molecular flexibility index (Phi) is 4.80. The quantitative estimate of drug-likeness (QED) is 0.344. The molecule has 3 aromatic rings. The number of aromatic nitrogens is 3. The molecule has 0 spiro atoms. The van der Waals surface area contributed by atoms with Gasteiger partial charge in [0.1, 0.15) is 0 Å². The molecule has 1 heterocycles. The topological polar surface area (TPSA) is 47.8 Å². The highest BCUT2D eigenvalue weighted by Crippen LogP contribution is 2.60. The van der Waals surface area contributed by atoms with Gasteiger partial charge in [0.05, 0.1) is 17.6 Å². The van der Waals surface area contributed by atoms with Gasteiger partial charge in [0.15, 0.2) is 5.78 Å². The maximum atomic E-state index is 12.6. The van der Waals surface area contributed by atoms with E-state index in [1.807, 2.05) is 65.5 Å². The van der Waals surface area contributed by atoms with Crippen LogP contribution in [0.4, 0.5) is 0 Å². The van der Waals surface area contributed by atoms with Gasteiger partial charge in [-0.15, -0.1) is 5.10 Å². The van der Waals surface area contributed by atoms with E-state index >= 15 is 0 Å². The second kappa shape index (κ2) is 7.70. The highest BCUT2D eigenvalue weighted by Gasteiger charge is 2.53. The van der Waals surface area contributed by atoms with Crippen LogP contribution in [0, 0.1) is 17.8 Å². The van der Waals surface area contributed by atoms with E-state index in [1.54, 1.807) is 6.08 Å². The minimum absolute atomic E-state index is 0.0219. The average Bonchev–Trinajstić information content (AvgIpc) is 3.29. The molecule has 4 aliphatic rings. The largest absolute Gasteiger partial charge is 0.289 e. The SMILES string of the molecule is O=C(/C=C/c1ccc(Cl)cc1)c1ccc(-n2nncc2C23CC4CC(CC(C4)C2)C3)cc1. The van der Waals surface area contributed by atoms with Crippen molar-refractivity contribution in [3.05, 3.63) is 82.6 Å². The number of benzene rings is 2. The third-order valence-corrected chi connectivity index (χ3v) is 8.08. The van der Waals surface area contributed by atoms with Crippen LogP contribution in [-0.2, 0) is 5.41 Å². The molecule has 0 aliphatic heterocycles. The molecule has 162 valence electrons. The van der Waals surface area contributed by atoms with E-state index < -0.39 is 0 Å². The lowest BCUT2D eigenvalue weighted by Gasteiger charge is -2.56. The summed E-state index contributed by atoms with van der Waals surface area (Å²) in [5, 5.41) is 9.45. The van der Waals surface area contributed by atoms with E-state index in [4.69, 9.17) is 11.6 Å². The van der Waals surface area contributed by atoms with Crippen LogP contribution in [0.15, 0.2) is 60.8 Å². The number of rotatable bonds is 5. The van der Waals surface area contributed by atoms with Gasteiger partial charge in [0, 0.05) is 16.0 Å². The Labute approximate surface area is 193 Å². The van der Waals surface area contributed by atoms with Gasteiger partial charge in [-0.2, -0.15) is 0 Å². The summed E-state index contributed by atoms with van der Waals surface area (Å²) >= 11 is 5.92. The number of ketones is 1. The zero-order chi connectivity index (χ0) is 21.7. The van der Waals surface area contributed by atoms with Crippen LogP contribution in [-0.4, -0.2) is 20.8 Å². The molecular formula is C27H26ClN3O. The van der Waals surface area contributed by atoms with Crippen molar-refractivity contribution in [2.75, 3.05) is 0 Å². The highest BCUT2D eigenvalue weighted by molar-refractivity contribution is 6.30. The molecule has 7 rings (SSSR count). The number of carbonyl (C=O) groups is 1. The first-order valence-corrected chi connectivity index (χ1v) is 12.0. The average molecular weight is 444 g/mol. The second-order valence-electron chi connectivity index (χ2n) is 10.0. The maximum absolute atomic E-state index is 12.6. The minimum atomic E-state index is -0.0219. The number of allylic oxidation sites excluding steroid dienone is 1. The summed E-state index contributed by atoms with van der Waals surface area (Å²) in [7, 11) is 0. The Balaban J connectivity index is 1.23. The van der Waals surface area contributed by atoms with Crippen molar-refractivity contribution in [3.8, 4) is 5.69 Å². The van der Waals surface area contributed by atoms with Crippen LogP contribution < -0.4 is 0 Å². The van der Waals surface area contributed by atoms with Crippen LogP contribution in [0.1, 0.15) is 60.1 Å². The van der Waals surface area contributed by atoms with Gasteiger partial charge in [-0.3, -0.25) is 4.79 Å². The molecule has 4 bridgehead atoms. The number of halogens is 1. The maximum Gasteiger partial charge on any atom is 0.185 e. The molecule has 1 aromatic heterocycles. The van der Waals surface area contributed by atoms with Crippen LogP contribution in [0.3, 0.4) is 0 Å². The molecule has 32 heavy (non-hydrogen) atoms. The first-order chi connectivity index (χ1) is 15.6. The van der Waals surface area contributed by atoms with E-state index in [2.05, 4.69) is 10.3 Å². The lowest BCUT2D eigenvalue weighted by Crippen LogP contribution is -2.49. The highest BCUT2D eigenvalue weighted by atomic mass is 35.5. The summed E-state index contributed by atoms with van der Waals surface area (Å²) in [5.41, 5.74) is 4.08. The van der Waals surface area contributed by atoms with Gasteiger partial charge >= 0.3 is 0 Å². The molecule has 0 N–H and O–H groups in total. The molecule has 0 radical (unpaired) electrons. The van der Waals surface area contributed by atoms with Gasteiger partial charge in [-0.05, 0) is 104 Å². The van der Waals surface area contributed by atoms with Gasteiger partial charge in [-0.1, -0.05) is 35.0 Å². The van der Waals surface area contributed by atoms with Crippen molar-refractivity contribution in [2.45, 2.75) is 43.9 Å².